The highest BCUT2D eigenvalue weighted by Gasteiger charge is 2.31. The molecule has 1 aromatic rings. The second kappa shape index (κ2) is 7.15. The summed E-state index contributed by atoms with van der Waals surface area (Å²) in [6.45, 7) is 10.8. The Kier molecular flexibility index (Phi) is 5.60. The highest BCUT2D eigenvalue weighted by Crippen LogP contribution is 2.23. The van der Waals surface area contributed by atoms with E-state index in [4.69, 9.17) is 9.15 Å². The minimum Gasteiger partial charge on any atom is -0.463 e. The van der Waals surface area contributed by atoms with Gasteiger partial charge in [0.15, 0.2) is 0 Å². The predicted octanol–water partition coefficient (Wildman–Crippen LogP) is 2.78. The number of carbonyl (C=O) groups excluding carboxylic acids is 1. The molecule has 1 aliphatic rings. The first-order valence-electron chi connectivity index (χ1n) is 8.57. The lowest BCUT2D eigenvalue weighted by atomic mass is 10.0. The lowest BCUT2D eigenvalue weighted by Gasteiger charge is -2.35. The third-order valence-corrected chi connectivity index (χ3v) is 4.08. The van der Waals surface area contributed by atoms with Gasteiger partial charge in [-0.15, -0.1) is 0 Å². The first-order chi connectivity index (χ1) is 11.1. The predicted molar refractivity (Wildman–Crippen MR) is 91.8 cm³/mol. The SMILES string of the molecule is Cc1ccc(C(C)(O)CNC2CCCN(C(=O)OC(C)(C)C)C2)o1. The average Bonchev–Trinajstić information content (AvgIpc) is 2.91. The molecule has 0 spiro atoms. The molecule has 2 N–H and O–H groups in total. The molecule has 1 saturated heterocycles. The third-order valence-electron chi connectivity index (χ3n) is 4.08. The van der Waals surface area contributed by atoms with Gasteiger partial charge >= 0.3 is 6.09 Å². The second-order valence-corrected chi connectivity index (χ2v) is 7.83. The van der Waals surface area contributed by atoms with E-state index in [2.05, 4.69) is 5.32 Å². The van der Waals surface area contributed by atoms with Crippen molar-refractivity contribution >= 4 is 6.09 Å². The van der Waals surface area contributed by atoms with Crippen LogP contribution >= 0.6 is 0 Å². The molecule has 24 heavy (non-hydrogen) atoms. The van der Waals surface area contributed by atoms with E-state index in [9.17, 15) is 9.90 Å². The average molecular weight is 338 g/mol. The van der Waals surface area contributed by atoms with Crippen LogP contribution in [-0.2, 0) is 10.3 Å². The minimum atomic E-state index is -1.08. The van der Waals surface area contributed by atoms with Crippen molar-refractivity contribution in [2.45, 2.75) is 64.7 Å². The summed E-state index contributed by atoms with van der Waals surface area (Å²) in [5, 5.41) is 14.0. The van der Waals surface area contributed by atoms with Crippen molar-refractivity contribution in [1.29, 1.82) is 0 Å². The summed E-state index contributed by atoms with van der Waals surface area (Å²) in [7, 11) is 0. The van der Waals surface area contributed by atoms with Gasteiger partial charge in [0.05, 0.1) is 0 Å². The van der Waals surface area contributed by atoms with E-state index in [0.29, 0.717) is 25.4 Å². The van der Waals surface area contributed by atoms with E-state index in [0.717, 1.165) is 18.6 Å². The van der Waals surface area contributed by atoms with Gasteiger partial charge in [0.25, 0.3) is 0 Å². The van der Waals surface area contributed by atoms with Gasteiger partial charge < -0.3 is 24.5 Å². The van der Waals surface area contributed by atoms with Crippen LogP contribution in [0, 0.1) is 6.92 Å². The summed E-state index contributed by atoms with van der Waals surface area (Å²) in [6, 6.07) is 3.77. The molecule has 6 nitrogen and oxygen atoms in total. The van der Waals surface area contributed by atoms with Gasteiger partial charge in [0, 0.05) is 25.7 Å². The Morgan fingerprint density at radius 2 is 2.12 bits per heavy atom. The number of carbonyl (C=O) groups is 1. The van der Waals surface area contributed by atoms with Gasteiger partial charge in [0.2, 0.25) is 0 Å². The number of likely N-dealkylation sites (tertiary alicyclic amines) is 1. The standard InChI is InChI=1S/C18H30N2O4/c1-13-8-9-15(23-13)18(5,22)12-19-14-7-6-10-20(11-14)16(21)24-17(2,3)4/h8-9,14,19,22H,6-7,10-12H2,1-5H3. The van der Waals surface area contributed by atoms with Gasteiger partial charge in [-0.05, 0) is 59.6 Å². The van der Waals surface area contributed by atoms with Crippen molar-refractivity contribution in [1.82, 2.24) is 10.2 Å². The van der Waals surface area contributed by atoms with E-state index < -0.39 is 11.2 Å². The largest absolute Gasteiger partial charge is 0.463 e. The number of hydrogen-bond donors (Lipinski definition) is 2. The number of hydrogen-bond acceptors (Lipinski definition) is 5. The maximum atomic E-state index is 12.2. The molecular formula is C18H30N2O4. The molecular weight excluding hydrogens is 308 g/mol. The third kappa shape index (κ3) is 5.24. The van der Waals surface area contributed by atoms with Gasteiger partial charge in [-0.25, -0.2) is 4.79 Å². The van der Waals surface area contributed by atoms with Crippen LogP contribution in [0.3, 0.4) is 0 Å². The van der Waals surface area contributed by atoms with Crippen LogP contribution in [0.5, 0.6) is 0 Å². The van der Waals surface area contributed by atoms with E-state index in [1.165, 1.54) is 0 Å². The van der Waals surface area contributed by atoms with Crippen molar-refractivity contribution in [3.8, 4) is 0 Å². The molecule has 0 bridgehead atoms. The fraction of sp³-hybridized carbons (Fsp3) is 0.722. The molecule has 2 unspecified atom stereocenters. The van der Waals surface area contributed by atoms with Crippen LogP contribution in [0.1, 0.15) is 52.1 Å². The first kappa shape index (κ1) is 18.8. The number of ether oxygens (including phenoxy) is 1. The van der Waals surface area contributed by atoms with Crippen LogP contribution in [0.25, 0.3) is 0 Å². The second-order valence-electron chi connectivity index (χ2n) is 7.83. The Bertz CT molecular complexity index is 560. The summed E-state index contributed by atoms with van der Waals surface area (Å²) in [5.41, 5.74) is -1.57. The number of piperidine rings is 1. The topological polar surface area (TPSA) is 74.9 Å². The fourth-order valence-electron chi connectivity index (χ4n) is 2.79. The Hall–Kier alpha value is -1.53. The zero-order chi connectivity index (χ0) is 18.0. The molecule has 1 fully saturated rings. The van der Waals surface area contributed by atoms with E-state index in [-0.39, 0.29) is 12.1 Å². The van der Waals surface area contributed by atoms with E-state index in [1.54, 1.807) is 17.9 Å². The van der Waals surface area contributed by atoms with E-state index >= 15 is 0 Å². The van der Waals surface area contributed by atoms with Crippen LogP contribution in [-0.4, -0.2) is 47.4 Å². The molecule has 0 aliphatic carbocycles. The number of nitrogens with zero attached hydrogens (tertiary/aromatic N) is 1. The lowest BCUT2D eigenvalue weighted by molar-refractivity contribution is 0.0128. The van der Waals surface area contributed by atoms with Gasteiger partial charge in [-0.1, -0.05) is 0 Å². The maximum absolute atomic E-state index is 12.2. The maximum Gasteiger partial charge on any atom is 0.410 e. The van der Waals surface area contributed by atoms with Crippen LogP contribution in [0.15, 0.2) is 16.5 Å². The number of rotatable bonds is 4. The monoisotopic (exact) mass is 338 g/mol. The van der Waals surface area contributed by atoms with E-state index in [1.807, 2.05) is 33.8 Å². The van der Waals surface area contributed by atoms with Gasteiger partial charge in [-0.2, -0.15) is 0 Å². The number of amides is 1. The Balaban J connectivity index is 1.88. The molecule has 2 atom stereocenters. The Labute approximate surface area is 144 Å². The smallest absolute Gasteiger partial charge is 0.410 e. The zero-order valence-electron chi connectivity index (χ0n) is 15.4. The number of furan rings is 1. The van der Waals surface area contributed by atoms with Crippen LogP contribution < -0.4 is 5.32 Å². The molecule has 1 aromatic heterocycles. The molecule has 0 saturated carbocycles. The van der Waals surface area contributed by atoms with Crippen molar-refractivity contribution in [2.75, 3.05) is 19.6 Å². The van der Waals surface area contributed by atoms with Crippen molar-refractivity contribution < 1.29 is 19.1 Å². The summed E-state index contributed by atoms with van der Waals surface area (Å²) >= 11 is 0. The van der Waals surface area contributed by atoms with Crippen LogP contribution in [0.4, 0.5) is 4.79 Å². The Morgan fingerprint density at radius 3 is 2.71 bits per heavy atom. The molecule has 1 aliphatic heterocycles. The molecule has 136 valence electrons. The summed E-state index contributed by atoms with van der Waals surface area (Å²) in [6.07, 6.45) is 1.60. The highest BCUT2D eigenvalue weighted by molar-refractivity contribution is 5.68. The normalized spacial score (nSPS) is 21.4. The molecule has 1 amide bonds. The molecule has 6 heteroatoms. The number of nitrogens with one attached hydrogen (secondary N) is 1. The molecule has 0 aromatic carbocycles. The van der Waals surface area contributed by atoms with Gasteiger partial charge in [-0.3, -0.25) is 0 Å². The summed E-state index contributed by atoms with van der Waals surface area (Å²) < 4.78 is 11.0. The minimum absolute atomic E-state index is 0.133. The fourth-order valence-corrected chi connectivity index (χ4v) is 2.79. The first-order valence-corrected chi connectivity index (χ1v) is 8.57. The Morgan fingerprint density at radius 1 is 1.42 bits per heavy atom. The zero-order valence-corrected chi connectivity index (χ0v) is 15.4. The number of aliphatic hydroxyl groups is 1. The number of aryl methyl sites for hydroxylation is 1. The van der Waals surface area contributed by atoms with Gasteiger partial charge in [0.1, 0.15) is 22.7 Å². The van der Waals surface area contributed by atoms with Crippen molar-refractivity contribution in [3.05, 3.63) is 23.7 Å². The summed E-state index contributed by atoms with van der Waals surface area (Å²) in [5.74, 6) is 1.33. The molecule has 0 radical (unpaired) electrons. The molecule has 2 heterocycles. The lowest BCUT2D eigenvalue weighted by Crippen LogP contribution is -2.51. The molecule has 2 rings (SSSR count). The van der Waals surface area contributed by atoms with Crippen molar-refractivity contribution in [3.63, 3.8) is 0 Å². The van der Waals surface area contributed by atoms with Crippen LogP contribution in [0.2, 0.25) is 0 Å². The quantitative estimate of drug-likeness (QED) is 0.883. The van der Waals surface area contributed by atoms with Crippen molar-refractivity contribution in [2.24, 2.45) is 0 Å². The summed E-state index contributed by atoms with van der Waals surface area (Å²) in [4.78, 5) is 13.9. The highest BCUT2D eigenvalue weighted by atomic mass is 16.6.